The second-order valence-electron chi connectivity index (χ2n) is 4.11. The summed E-state index contributed by atoms with van der Waals surface area (Å²) in [5.41, 5.74) is -0.392. The van der Waals surface area contributed by atoms with Crippen LogP contribution in [0.5, 0.6) is 0 Å². The van der Waals surface area contributed by atoms with E-state index >= 15 is 0 Å². The van der Waals surface area contributed by atoms with E-state index in [1.807, 2.05) is 6.92 Å². The van der Waals surface area contributed by atoms with Crippen LogP contribution in [0, 0.1) is 11.8 Å². The van der Waals surface area contributed by atoms with Crippen molar-refractivity contribution < 1.29 is 14.6 Å². The molecule has 0 saturated carbocycles. The minimum atomic E-state index is -0.880. The maximum absolute atomic E-state index is 12.1. The number of hydrogen-bond donors (Lipinski definition) is 2. The quantitative estimate of drug-likeness (QED) is 0.799. The molecule has 0 aliphatic rings. The average molecular weight is 262 g/mol. The lowest BCUT2D eigenvalue weighted by Crippen LogP contribution is -2.41. The molecule has 0 radical (unpaired) electrons. The number of carbonyl (C=O) groups is 1. The van der Waals surface area contributed by atoms with Gasteiger partial charge in [0.25, 0.3) is 5.91 Å². The molecule has 1 aromatic rings. The molecule has 19 heavy (non-hydrogen) atoms. The fourth-order valence-electron chi connectivity index (χ4n) is 1.35. The first-order chi connectivity index (χ1) is 9.05. The van der Waals surface area contributed by atoms with E-state index in [1.165, 1.54) is 7.11 Å². The number of amides is 1. The number of nitrogens with one attached hydrogen (secondary N) is 1. The van der Waals surface area contributed by atoms with E-state index in [9.17, 15) is 4.79 Å². The van der Waals surface area contributed by atoms with Crippen LogP contribution >= 0.6 is 0 Å². The largest absolute Gasteiger partial charge is 0.384 e. The van der Waals surface area contributed by atoms with Crippen LogP contribution in [-0.2, 0) is 9.53 Å². The van der Waals surface area contributed by atoms with E-state index < -0.39 is 5.60 Å². The first kappa shape index (κ1) is 15.2. The lowest BCUT2D eigenvalue weighted by Gasteiger charge is -2.24. The number of aromatic nitrogens is 1. The van der Waals surface area contributed by atoms with Gasteiger partial charge >= 0.3 is 0 Å². The van der Waals surface area contributed by atoms with Crippen molar-refractivity contribution in [3.8, 4) is 11.8 Å². The number of hydrogen-bond acceptors (Lipinski definition) is 4. The van der Waals surface area contributed by atoms with Gasteiger partial charge in [-0.05, 0) is 31.4 Å². The molecule has 1 aromatic heterocycles. The molecule has 2 N–H and O–H groups in total. The Hall–Kier alpha value is -1.90. The van der Waals surface area contributed by atoms with Crippen LogP contribution < -0.4 is 5.32 Å². The highest BCUT2D eigenvalue weighted by atomic mass is 16.5. The van der Waals surface area contributed by atoms with E-state index in [2.05, 4.69) is 22.1 Å². The smallest absolute Gasteiger partial charge is 0.257 e. The van der Waals surface area contributed by atoms with Gasteiger partial charge in [-0.2, -0.15) is 0 Å². The lowest BCUT2D eigenvalue weighted by molar-refractivity contribution is -0.136. The van der Waals surface area contributed by atoms with Crippen molar-refractivity contribution in [2.45, 2.75) is 25.9 Å². The Morgan fingerprint density at radius 1 is 1.58 bits per heavy atom. The van der Waals surface area contributed by atoms with Crippen LogP contribution in [0.3, 0.4) is 0 Å². The number of nitrogens with zero attached hydrogens (tertiary/aromatic N) is 1. The molecule has 0 aromatic carbocycles. The summed E-state index contributed by atoms with van der Waals surface area (Å²) in [4.78, 5) is 16.2. The van der Waals surface area contributed by atoms with E-state index in [0.717, 1.165) is 0 Å². The van der Waals surface area contributed by atoms with Crippen molar-refractivity contribution in [3.05, 3.63) is 23.9 Å². The Balaban J connectivity index is 2.85. The van der Waals surface area contributed by atoms with Gasteiger partial charge in [0.2, 0.25) is 0 Å². The van der Waals surface area contributed by atoms with Gasteiger partial charge in [0.05, 0.1) is 0 Å². The van der Waals surface area contributed by atoms with Crippen LogP contribution in [0.25, 0.3) is 0 Å². The molecule has 0 saturated heterocycles. The Kier molecular flexibility index (Phi) is 5.49. The average Bonchev–Trinajstić information content (AvgIpc) is 2.44. The van der Waals surface area contributed by atoms with Gasteiger partial charge in [-0.3, -0.25) is 4.79 Å². The summed E-state index contributed by atoms with van der Waals surface area (Å²) in [6, 6.07) is 5.11. The Bertz CT molecular complexity index is 499. The summed E-state index contributed by atoms with van der Waals surface area (Å²) >= 11 is 0. The van der Waals surface area contributed by atoms with Gasteiger partial charge in [-0.25, -0.2) is 4.98 Å². The molecule has 5 heteroatoms. The molecule has 0 bridgehead atoms. The van der Waals surface area contributed by atoms with Crippen molar-refractivity contribution in [2.24, 2.45) is 0 Å². The molecule has 0 aliphatic carbocycles. The standard InChI is InChI=1S/C14H18N2O3/c1-4-14(2,19-3)13(18)16-12-9-5-7-11(15-12)8-6-10-17/h5,7,9,17H,4,10H2,1-3H3,(H,15,16,18). The van der Waals surface area contributed by atoms with Gasteiger partial charge < -0.3 is 15.2 Å². The summed E-state index contributed by atoms with van der Waals surface area (Å²) in [7, 11) is 1.50. The Morgan fingerprint density at radius 3 is 2.89 bits per heavy atom. The minimum Gasteiger partial charge on any atom is -0.384 e. The van der Waals surface area contributed by atoms with Gasteiger partial charge in [0, 0.05) is 7.11 Å². The molecule has 1 unspecified atom stereocenters. The molecule has 5 nitrogen and oxygen atoms in total. The summed E-state index contributed by atoms with van der Waals surface area (Å²) in [6.45, 7) is 3.37. The number of pyridine rings is 1. The molecule has 1 rings (SSSR count). The molecule has 1 atom stereocenters. The third kappa shape index (κ3) is 4.05. The topological polar surface area (TPSA) is 71.5 Å². The number of ether oxygens (including phenoxy) is 1. The fourth-order valence-corrected chi connectivity index (χ4v) is 1.35. The van der Waals surface area contributed by atoms with Crippen molar-refractivity contribution in [1.29, 1.82) is 0 Å². The molecule has 1 amide bonds. The lowest BCUT2D eigenvalue weighted by atomic mass is 10.0. The first-order valence-electron chi connectivity index (χ1n) is 5.99. The summed E-state index contributed by atoms with van der Waals surface area (Å²) in [5, 5.41) is 11.3. The second-order valence-corrected chi connectivity index (χ2v) is 4.11. The number of aliphatic hydroxyl groups is 1. The third-order valence-electron chi connectivity index (χ3n) is 2.89. The van der Waals surface area contributed by atoms with E-state index in [1.54, 1.807) is 25.1 Å². The zero-order valence-corrected chi connectivity index (χ0v) is 11.4. The highest BCUT2D eigenvalue weighted by molar-refractivity contribution is 5.96. The predicted molar refractivity (Wildman–Crippen MR) is 72.5 cm³/mol. The normalized spacial score (nSPS) is 13.1. The summed E-state index contributed by atoms with van der Waals surface area (Å²) < 4.78 is 5.22. The monoisotopic (exact) mass is 262 g/mol. The second kappa shape index (κ2) is 6.88. The highest BCUT2D eigenvalue weighted by Crippen LogP contribution is 2.16. The van der Waals surface area contributed by atoms with E-state index in [0.29, 0.717) is 17.9 Å². The fraction of sp³-hybridized carbons (Fsp3) is 0.429. The Labute approximate surface area is 113 Å². The van der Waals surface area contributed by atoms with Gasteiger partial charge in [-0.15, -0.1) is 0 Å². The van der Waals surface area contributed by atoms with Crippen molar-refractivity contribution in [1.82, 2.24) is 4.98 Å². The molecule has 0 fully saturated rings. The molecule has 1 heterocycles. The zero-order valence-electron chi connectivity index (χ0n) is 11.4. The van der Waals surface area contributed by atoms with Crippen LogP contribution in [0.2, 0.25) is 0 Å². The Morgan fingerprint density at radius 2 is 2.32 bits per heavy atom. The van der Waals surface area contributed by atoms with Crippen molar-refractivity contribution in [2.75, 3.05) is 19.0 Å². The maximum Gasteiger partial charge on any atom is 0.257 e. The minimum absolute atomic E-state index is 0.226. The number of methoxy groups -OCH3 is 1. The van der Waals surface area contributed by atoms with E-state index in [4.69, 9.17) is 9.84 Å². The predicted octanol–water partition coefficient (Wildman–Crippen LogP) is 1.18. The number of aliphatic hydroxyl groups excluding tert-OH is 1. The zero-order chi connectivity index (χ0) is 14.3. The molecular formula is C14H18N2O3. The number of carbonyl (C=O) groups excluding carboxylic acids is 1. The summed E-state index contributed by atoms with van der Waals surface area (Å²) in [5.74, 6) is 5.34. The highest BCUT2D eigenvalue weighted by Gasteiger charge is 2.31. The molecule has 102 valence electrons. The first-order valence-corrected chi connectivity index (χ1v) is 5.99. The van der Waals surface area contributed by atoms with Gasteiger partial charge in [-0.1, -0.05) is 18.9 Å². The van der Waals surface area contributed by atoms with Gasteiger partial charge in [0.1, 0.15) is 23.7 Å². The van der Waals surface area contributed by atoms with Crippen molar-refractivity contribution >= 4 is 11.7 Å². The van der Waals surface area contributed by atoms with Gasteiger partial charge in [0.15, 0.2) is 0 Å². The van der Waals surface area contributed by atoms with E-state index in [-0.39, 0.29) is 12.5 Å². The number of rotatable bonds is 4. The van der Waals surface area contributed by atoms with Crippen LogP contribution in [0.15, 0.2) is 18.2 Å². The molecule has 0 aliphatic heterocycles. The molecular weight excluding hydrogens is 244 g/mol. The van der Waals surface area contributed by atoms with Crippen LogP contribution in [0.1, 0.15) is 26.0 Å². The van der Waals surface area contributed by atoms with Crippen molar-refractivity contribution in [3.63, 3.8) is 0 Å². The van der Waals surface area contributed by atoms with Crippen LogP contribution in [0.4, 0.5) is 5.82 Å². The van der Waals surface area contributed by atoms with Crippen LogP contribution in [-0.4, -0.2) is 35.3 Å². The molecule has 0 spiro atoms. The number of anilines is 1. The SMILES string of the molecule is CCC(C)(OC)C(=O)Nc1cccc(C#CCO)n1. The maximum atomic E-state index is 12.1. The summed E-state index contributed by atoms with van der Waals surface area (Å²) in [6.07, 6.45) is 0.555. The third-order valence-corrected chi connectivity index (χ3v) is 2.89.